The van der Waals surface area contributed by atoms with Gasteiger partial charge in [0, 0.05) is 16.5 Å². The zero-order chi connectivity index (χ0) is 11.8. The van der Waals surface area contributed by atoms with Gasteiger partial charge in [-0.15, -0.1) is 0 Å². The van der Waals surface area contributed by atoms with Gasteiger partial charge >= 0.3 is 0 Å². The lowest BCUT2D eigenvalue weighted by Crippen LogP contribution is -2.17. The largest absolute Gasteiger partial charge is 0.441 e. The molecule has 3 rings (SSSR count). The lowest BCUT2D eigenvalue weighted by atomic mass is 9.99. The summed E-state index contributed by atoms with van der Waals surface area (Å²) in [6, 6.07) is 7.87. The van der Waals surface area contributed by atoms with Gasteiger partial charge in [-0.1, -0.05) is 22.0 Å². The van der Waals surface area contributed by atoms with Crippen molar-refractivity contribution in [2.45, 2.75) is 25.4 Å². The maximum Gasteiger partial charge on any atom is 0.226 e. The van der Waals surface area contributed by atoms with Gasteiger partial charge in [0.1, 0.15) is 5.76 Å². The zero-order valence-corrected chi connectivity index (χ0v) is 10.8. The van der Waals surface area contributed by atoms with Crippen molar-refractivity contribution < 1.29 is 9.52 Å². The highest BCUT2D eigenvalue weighted by Gasteiger charge is 2.22. The molecular weight excluding hydrogens is 282 g/mol. The van der Waals surface area contributed by atoms with E-state index in [4.69, 9.17) is 4.42 Å². The van der Waals surface area contributed by atoms with E-state index in [1.54, 1.807) is 0 Å². The molecule has 0 fully saturated rings. The minimum absolute atomic E-state index is 0.286. The van der Waals surface area contributed by atoms with E-state index in [2.05, 4.69) is 20.9 Å². The monoisotopic (exact) mass is 293 g/mol. The van der Waals surface area contributed by atoms with Crippen LogP contribution in [0.2, 0.25) is 0 Å². The number of rotatable bonds is 1. The van der Waals surface area contributed by atoms with Crippen LogP contribution in [0.25, 0.3) is 11.5 Å². The molecule has 0 saturated heterocycles. The predicted octanol–water partition coefficient (Wildman–Crippen LogP) is 2.95. The lowest BCUT2D eigenvalue weighted by molar-refractivity contribution is 0.150. The summed E-state index contributed by atoms with van der Waals surface area (Å²) in [5, 5.41) is 9.58. The maximum absolute atomic E-state index is 9.58. The molecule has 1 heterocycles. The standard InChI is InChI=1S/C13H12BrNO2/c14-9-3-1-2-8(6-9)13-15-11-5-4-10(16)7-12(11)17-13/h1-3,6,10,16H,4-5,7H2. The third-order valence-electron chi connectivity index (χ3n) is 2.99. The molecule has 3 nitrogen and oxygen atoms in total. The van der Waals surface area contributed by atoms with E-state index in [-0.39, 0.29) is 6.10 Å². The molecule has 1 aliphatic rings. The Balaban J connectivity index is 2.00. The molecule has 1 aliphatic carbocycles. The lowest BCUT2D eigenvalue weighted by Gasteiger charge is -2.13. The summed E-state index contributed by atoms with van der Waals surface area (Å²) in [6.07, 6.45) is 1.87. The summed E-state index contributed by atoms with van der Waals surface area (Å²) in [5.41, 5.74) is 1.95. The van der Waals surface area contributed by atoms with Crippen molar-refractivity contribution in [3.63, 3.8) is 0 Å². The molecule has 88 valence electrons. The average Bonchev–Trinajstić information content (AvgIpc) is 2.72. The Labute approximate surface area is 108 Å². The second kappa shape index (κ2) is 4.27. The molecule has 1 N–H and O–H groups in total. The average molecular weight is 294 g/mol. The second-order valence-electron chi connectivity index (χ2n) is 4.30. The van der Waals surface area contributed by atoms with Gasteiger partial charge in [-0.05, 0) is 31.0 Å². The summed E-state index contributed by atoms with van der Waals surface area (Å²) in [6.45, 7) is 0. The summed E-state index contributed by atoms with van der Waals surface area (Å²) < 4.78 is 6.73. The van der Waals surface area contributed by atoms with Gasteiger partial charge in [0.15, 0.2) is 0 Å². The zero-order valence-electron chi connectivity index (χ0n) is 9.19. The number of hydrogen-bond acceptors (Lipinski definition) is 3. The number of halogens is 1. The summed E-state index contributed by atoms with van der Waals surface area (Å²) in [5.74, 6) is 1.48. The minimum Gasteiger partial charge on any atom is -0.441 e. The van der Waals surface area contributed by atoms with E-state index in [9.17, 15) is 5.11 Å². The van der Waals surface area contributed by atoms with Crippen LogP contribution in [-0.4, -0.2) is 16.2 Å². The first-order chi connectivity index (χ1) is 8.22. The number of oxazole rings is 1. The van der Waals surface area contributed by atoms with Crippen LogP contribution in [0, 0.1) is 0 Å². The molecule has 1 atom stereocenters. The number of aliphatic hydroxyl groups excluding tert-OH is 1. The topological polar surface area (TPSA) is 46.3 Å². The van der Waals surface area contributed by atoms with Crippen LogP contribution in [0.1, 0.15) is 17.9 Å². The van der Waals surface area contributed by atoms with Crippen LogP contribution in [0.5, 0.6) is 0 Å². The quantitative estimate of drug-likeness (QED) is 0.879. The first-order valence-corrected chi connectivity index (χ1v) is 6.44. The van der Waals surface area contributed by atoms with Gasteiger partial charge in [0.2, 0.25) is 5.89 Å². The Bertz CT molecular complexity index is 550. The number of benzene rings is 1. The summed E-state index contributed by atoms with van der Waals surface area (Å²) in [7, 11) is 0. The molecule has 4 heteroatoms. The van der Waals surface area contributed by atoms with E-state index in [1.807, 2.05) is 24.3 Å². The summed E-state index contributed by atoms with van der Waals surface area (Å²) >= 11 is 3.43. The Morgan fingerprint density at radius 1 is 1.41 bits per heavy atom. The third-order valence-corrected chi connectivity index (χ3v) is 3.48. The number of aromatic nitrogens is 1. The smallest absolute Gasteiger partial charge is 0.226 e. The maximum atomic E-state index is 9.58. The van der Waals surface area contributed by atoms with Crippen molar-refractivity contribution in [1.82, 2.24) is 4.98 Å². The molecule has 0 spiro atoms. The van der Waals surface area contributed by atoms with E-state index in [0.29, 0.717) is 12.3 Å². The van der Waals surface area contributed by atoms with Crippen molar-refractivity contribution in [1.29, 1.82) is 0 Å². The van der Waals surface area contributed by atoms with Crippen molar-refractivity contribution in [2.24, 2.45) is 0 Å². The number of nitrogens with zero attached hydrogens (tertiary/aromatic N) is 1. The van der Waals surface area contributed by atoms with Crippen LogP contribution < -0.4 is 0 Å². The molecule has 0 radical (unpaired) electrons. The van der Waals surface area contributed by atoms with Gasteiger partial charge in [-0.2, -0.15) is 0 Å². The number of aryl methyl sites for hydroxylation is 1. The Morgan fingerprint density at radius 3 is 3.12 bits per heavy atom. The van der Waals surface area contributed by atoms with E-state index < -0.39 is 0 Å². The van der Waals surface area contributed by atoms with E-state index >= 15 is 0 Å². The van der Waals surface area contributed by atoms with Gasteiger partial charge in [0.05, 0.1) is 11.8 Å². The molecule has 17 heavy (non-hydrogen) atoms. The van der Waals surface area contributed by atoms with Crippen molar-refractivity contribution >= 4 is 15.9 Å². The molecular formula is C13H12BrNO2. The SMILES string of the molecule is OC1CCc2nc(-c3cccc(Br)c3)oc2C1. The molecule has 0 bridgehead atoms. The summed E-state index contributed by atoms with van der Waals surface area (Å²) in [4.78, 5) is 4.50. The number of aliphatic hydroxyl groups is 1. The van der Waals surface area contributed by atoms with Crippen LogP contribution in [-0.2, 0) is 12.8 Å². The minimum atomic E-state index is -0.286. The fourth-order valence-corrected chi connectivity index (χ4v) is 2.50. The van der Waals surface area contributed by atoms with Crippen LogP contribution in [0.4, 0.5) is 0 Å². The molecule has 0 saturated carbocycles. The highest BCUT2D eigenvalue weighted by atomic mass is 79.9. The fourth-order valence-electron chi connectivity index (χ4n) is 2.10. The van der Waals surface area contributed by atoms with Crippen molar-refractivity contribution in [2.75, 3.05) is 0 Å². The Kier molecular flexibility index (Phi) is 2.76. The first-order valence-electron chi connectivity index (χ1n) is 5.65. The van der Waals surface area contributed by atoms with E-state index in [1.165, 1.54) is 0 Å². The van der Waals surface area contributed by atoms with Gasteiger partial charge in [0.25, 0.3) is 0 Å². The first kappa shape index (κ1) is 11.0. The molecule has 0 aliphatic heterocycles. The third kappa shape index (κ3) is 2.15. The number of hydrogen-bond donors (Lipinski definition) is 1. The van der Waals surface area contributed by atoms with Gasteiger partial charge in [-0.3, -0.25) is 0 Å². The molecule has 0 amide bonds. The molecule has 1 aromatic carbocycles. The Morgan fingerprint density at radius 2 is 2.29 bits per heavy atom. The van der Waals surface area contributed by atoms with Crippen LogP contribution in [0.15, 0.2) is 33.2 Å². The van der Waals surface area contributed by atoms with E-state index in [0.717, 1.165) is 34.3 Å². The molecule has 1 aromatic heterocycles. The highest BCUT2D eigenvalue weighted by molar-refractivity contribution is 9.10. The molecule has 2 aromatic rings. The Hall–Kier alpha value is -1.13. The molecule has 1 unspecified atom stereocenters. The highest BCUT2D eigenvalue weighted by Crippen LogP contribution is 2.28. The normalized spacial score (nSPS) is 19.1. The fraction of sp³-hybridized carbons (Fsp3) is 0.308. The second-order valence-corrected chi connectivity index (χ2v) is 5.21. The van der Waals surface area contributed by atoms with Crippen molar-refractivity contribution in [3.05, 3.63) is 40.2 Å². The van der Waals surface area contributed by atoms with Gasteiger partial charge in [-0.25, -0.2) is 4.98 Å². The van der Waals surface area contributed by atoms with Crippen LogP contribution in [0.3, 0.4) is 0 Å². The van der Waals surface area contributed by atoms with Crippen LogP contribution >= 0.6 is 15.9 Å². The van der Waals surface area contributed by atoms with Gasteiger partial charge < -0.3 is 9.52 Å². The predicted molar refractivity (Wildman–Crippen MR) is 67.7 cm³/mol. The number of fused-ring (bicyclic) bond motifs is 1. The van der Waals surface area contributed by atoms with Crippen molar-refractivity contribution in [3.8, 4) is 11.5 Å².